The molecule has 0 bridgehead atoms. The van der Waals surface area contributed by atoms with Gasteiger partial charge in [-0.3, -0.25) is 0 Å². The van der Waals surface area contributed by atoms with Crippen LogP contribution in [0.25, 0.3) is 0 Å². The Kier molecular flexibility index (Phi) is 5.17. The third-order valence-electron chi connectivity index (χ3n) is 3.72. The average Bonchev–Trinajstić information content (AvgIpc) is 2.36. The van der Waals surface area contributed by atoms with E-state index in [1.54, 1.807) is 0 Å². The number of anilines is 1. The van der Waals surface area contributed by atoms with Gasteiger partial charge >= 0.3 is 0 Å². The van der Waals surface area contributed by atoms with Crippen LogP contribution in [0.15, 0.2) is 18.2 Å². The molecule has 1 heterocycles. The molecule has 1 fully saturated rings. The summed E-state index contributed by atoms with van der Waals surface area (Å²) in [6, 6.07) is 6.20. The van der Waals surface area contributed by atoms with Crippen molar-refractivity contribution in [3.8, 4) is 0 Å². The molecule has 1 atom stereocenters. The van der Waals surface area contributed by atoms with Crippen LogP contribution in [-0.4, -0.2) is 38.6 Å². The van der Waals surface area contributed by atoms with Crippen LogP contribution >= 0.6 is 11.6 Å². The second-order valence-electron chi connectivity index (χ2n) is 5.97. The maximum Gasteiger partial charge on any atom is 0.154 e. The maximum absolute atomic E-state index is 11.7. The zero-order valence-electron chi connectivity index (χ0n) is 12.8. The van der Waals surface area contributed by atoms with Gasteiger partial charge < -0.3 is 10.2 Å². The molecular weight excluding hydrogens is 308 g/mol. The normalized spacial score (nSPS) is 21.8. The number of halogens is 1. The molecule has 1 N–H and O–H groups in total. The van der Waals surface area contributed by atoms with Crippen LogP contribution < -0.4 is 10.2 Å². The summed E-state index contributed by atoms with van der Waals surface area (Å²) in [6.45, 7) is 7.43. The van der Waals surface area contributed by atoms with Gasteiger partial charge in [-0.1, -0.05) is 25.4 Å². The third kappa shape index (κ3) is 4.34. The maximum atomic E-state index is 11.7. The van der Waals surface area contributed by atoms with Crippen LogP contribution in [0.5, 0.6) is 0 Å². The van der Waals surface area contributed by atoms with Gasteiger partial charge in [0, 0.05) is 35.9 Å². The lowest BCUT2D eigenvalue weighted by Gasteiger charge is -2.36. The summed E-state index contributed by atoms with van der Waals surface area (Å²) in [7, 11) is -2.90. The predicted octanol–water partition coefficient (Wildman–Crippen LogP) is 2.46. The fraction of sp³-hybridized carbons (Fsp3) is 0.600. The van der Waals surface area contributed by atoms with Gasteiger partial charge in [-0.15, -0.1) is 0 Å². The molecule has 1 aliphatic rings. The van der Waals surface area contributed by atoms with E-state index in [9.17, 15) is 8.42 Å². The summed E-state index contributed by atoms with van der Waals surface area (Å²) in [4.78, 5) is 2.18. The van der Waals surface area contributed by atoms with E-state index >= 15 is 0 Å². The number of nitrogens with one attached hydrogen (secondary N) is 1. The van der Waals surface area contributed by atoms with Crippen LogP contribution in [0.4, 0.5) is 5.69 Å². The second-order valence-corrected chi connectivity index (χ2v) is 8.63. The largest absolute Gasteiger partial charge is 0.367 e. The van der Waals surface area contributed by atoms with Crippen LogP contribution in [0.2, 0.25) is 5.02 Å². The summed E-state index contributed by atoms with van der Waals surface area (Å²) in [5.41, 5.74) is 2.19. The van der Waals surface area contributed by atoms with Crippen LogP contribution in [0, 0.1) is 0 Å². The number of nitrogens with zero attached hydrogens (tertiary/aromatic N) is 1. The van der Waals surface area contributed by atoms with Gasteiger partial charge in [0.15, 0.2) is 9.84 Å². The quantitative estimate of drug-likeness (QED) is 0.921. The molecule has 0 spiro atoms. The highest BCUT2D eigenvalue weighted by atomic mass is 35.5. The summed E-state index contributed by atoms with van der Waals surface area (Å²) in [5.74, 6) is 0.434. The zero-order valence-corrected chi connectivity index (χ0v) is 14.3. The highest BCUT2D eigenvalue weighted by Gasteiger charge is 2.29. The first-order valence-electron chi connectivity index (χ1n) is 7.27. The number of rotatable bonds is 4. The van der Waals surface area contributed by atoms with Crippen molar-refractivity contribution >= 4 is 27.1 Å². The Morgan fingerprint density at radius 1 is 1.43 bits per heavy atom. The molecule has 0 amide bonds. The summed E-state index contributed by atoms with van der Waals surface area (Å²) >= 11 is 6.11. The minimum absolute atomic E-state index is 0.0114. The van der Waals surface area contributed by atoms with Crippen molar-refractivity contribution in [1.82, 2.24) is 5.32 Å². The lowest BCUT2D eigenvalue weighted by atomic mass is 10.1. The minimum atomic E-state index is -2.90. The van der Waals surface area contributed by atoms with Crippen molar-refractivity contribution in [3.63, 3.8) is 0 Å². The molecule has 21 heavy (non-hydrogen) atoms. The van der Waals surface area contributed by atoms with Gasteiger partial charge in [0.25, 0.3) is 0 Å². The molecule has 0 saturated carbocycles. The van der Waals surface area contributed by atoms with Gasteiger partial charge in [0.05, 0.1) is 11.5 Å². The summed E-state index contributed by atoms with van der Waals surface area (Å²) in [6.07, 6.45) is 0. The van der Waals surface area contributed by atoms with Gasteiger partial charge in [0.1, 0.15) is 0 Å². The Hall–Kier alpha value is -0.780. The molecule has 0 aromatic heterocycles. The van der Waals surface area contributed by atoms with E-state index in [-0.39, 0.29) is 17.5 Å². The van der Waals surface area contributed by atoms with Crippen molar-refractivity contribution in [2.45, 2.75) is 39.4 Å². The minimum Gasteiger partial charge on any atom is -0.367 e. The summed E-state index contributed by atoms with van der Waals surface area (Å²) in [5, 5.41) is 4.10. The molecule has 4 nitrogen and oxygen atoms in total. The zero-order chi connectivity index (χ0) is 15.6. The first-order chi connectivity index (χ1) is 9.78. The molecule has 0 aliphatic carbocycles. The van der Waals surface area contributed by atoms with E-state index in [1.165, 1.54) is 0 Å². The van der Waals surface area contributed by atoms with Crippen LogP contribution in [0.1, 0.15) is 26.3 Å². The van der Waals surface area contributed by atoms with E-state index in [1.807, 2.05) is 25.1 Å². The molecular formula is C15H23ClN2O2S. The van der Waals surface area contributed by atoms with E-state index in [0.29, 0.717) is 17.6 Å². The highest BCUT2D eigenvalue weighted by Crippen LogP contribution is 2.28. The topological polar surface area (TPSA) is 49.4 Å². The number of hydrogen-bond donors (Lipinski definition) is 1. The Morgan fingerprint density at radius 2 is 2.14 bits per heavy atom. The van der Waals surface area contributed by atoms with E-state index in [0.717, 1.165) is 17.8 Å². The molecule has 2 rings (SSSR count). The molecule has 1 saturated heterocycles. The number of sulfone groups is 1. The molecule has 1 aromatic carbocycles. The molecule has 0 radical (unpaired) electrons. The first kappa shape index (κ1) is 16.6. The van der Waals surface area contributed by atoms with E-state index < -0.39 is 9.84 Å². The molecule has 1 aliphatic heterocycles. The smallest absolute Gasteiger partial charge is 0.154 e. The highest BCUT2D eigenvalue weighted by molar-refractivity contribution is 7.91. The van der Waals surface area contributed by atoms with Gasteiger partial charge in [-0.25, -0.2) is 8.42 Å². The lowest BCUT2D eigenvalue weighted by Crippen LogP contribution is -2.47. The van der Waals surface area contributed by atoms with Gasteiger partial charge in [0.2, 0.25) is 0 Å². The second kappa shape index (κ2) is 6.55. The molecule has 1 unspecified atom stereocenters. The number of hydrogen-bond acceptors (Lipinski definition) is 4. The van der Waals surface area contributed by atoms with Crippen molar-refractivity contribution < 1.29 is 8.42 Å². The van der Waals surface area contributed by atoms with Crippen molar-refractivity contribution in [3.05, 3.63) is 28.8 Å². The predicted molar refractivity (Wildman–Crippen MR) is 88.9 cm³/mol. The Labute approximate surface area is 132 Å². The fourth-order valence-corrected chi connectivity index (χ4v) is 4.40. The van der Waals surface area contributed by atoms with Crippen LogP contribution in [-0.2, 0) is 16.4 Å². The molecule has 6 heteroatoms. The Balaban J connectivity index is 2.26. The van der Waals surface area contributed by atoms with E-state index in [2.05, 4.69) is 24.1 Å². The van der Waals surface area contributed by atoms with Crippen molar-refractivity contribution in [2.24, 2.45) is 0 Å². The first-order valence-corrected chi connectivity index (χ1v) is 9.47. The van der Waals surface area contributed by atoms with Crippen molar-refractivity contribution in [2.75, 3.05) is 23.0 Å². The monoisotopic (exact) mass is 330 g/mol. The lowest BCUT2D eigenvalue weighted by molar-refractivity contribution is 0.564. The standard InChI is InChI=1S/C15H23ClN2O2S/c1-11(2)17-9-13-8-14(16)4-5-15(13)18-6-7-21(19,20)10-12(18)3/h4-5,8,11-12,17H,6-7,9-10H2,1-3H3. The Morgan fingerprint density at radius 3 is 2.76 bits per heavy atom. The molecule has 118 valence electrons. The third-order valence-corrected chi connectivity index (χ3v) is 5.75. The summed E-state index contributed by atoms with van der Waals surface area (Å²) < 4.78 is 23.5. The fourth-order valence-electron chi connectivity index (χ4n) is 2.65. The Bertz CT molecular complexity index is 602. The van der Waals surface area contributed by atoms with Gasteiger partial charge in [-0.2, -0.15) is 0 Å². The molecule has 1 aromatic rings. The number of benzene rings is 1. The van der Waals surface area contributed by atoms with Crippen molar-refractivity contribution in [1.29, 1.82) is 0 Å². The van der Waals surface area contributed by atoms with E-state index in [4.69, 9.17) is 11.6 Å². The average molecular weight is 331 g/mol. The van der Waals surface area contributed by atoms with Gasteiger partial charge in [-0.05, 0) is 30.7 Å². The SMILES string of the molecule is CC(C)NCc1cc(Cl)ccc1N1CCS(=O)(=O)CC1C. The van der Waals surface area contributed by atoms with Crippen LogP contribution in [0.3, 0.4) is 0 Å².